The molecule has 218 valence electrons. The molecule has 2 aliphatic carbocycles. The third kappa shape index (κ3) is 7.35. The van der Waals surface area contributed by atoms with Gasteiger partial charge in [0.25, 0.3) is 0 Å². The van der Waals surface area contributed by atoms with Gasteiger partial charge in [-0.2, -0.15) is 0 Å². The first-order valence-electron chi connectivity index (χ1n) is 15.2. The molecule has 4 unspecified atom stereocenters. The van der Waals surface area contributed by atoms with Crippen molar-refractivity contribution in [2.75, 3.05) is 6.61 Å². The summed E-state index contributed by atoms with van der Waals surface area (Å²) in [5.41, 5.74) is 3.32. The molecule has 6 nitrogen and oxygen atoms in total. The molecule has 2 heterocycles. The van der Waals surface area contributed by atoms with Crippen LogP contribution in [0, 0.1) is 18.8 Å². The average molecular weight is 549 g/mol. The Morgan fingerprint density at radius 3 is 2.30 bits per heavy atom. The van der Waals surface area contributed by atoms with Gasteiger partial charge in [0, 0.05) is 12.1 Å². The molecular weight excluding hydrogens is 500 g/mol. The smallest absolute Gasteiger partial charge is 0.158 e. The Labute approximate surface area is 240 Å². The van der Waals surface area contributed by atoms with Gasteiger partial charge in [0.05, 0.1) is 23.4 Å². The number of phenolic OH excluding ortho intramolecular Hbond substituents is 2. The molecule has 0 bridgehead atoms. The predicted molar refractivity (Wildman–Crippen MR) is 163 cm³/mol. The quantitative estimate of drug-likeness (QED) is 0.254. The molecule has 1 aliphatic heterocycles. The number of phenols is 2. The average Bonchev–Trinajstić information content (AvgIpc) is 3.45. The standard InChI is InChI=1S/C28H30N2O4.3C2H6/c1-17-29-23-14-20-13-21(20)15-24(23)30(17)22-7-4-18(5-8-22)3-2-12-33-28-11-10-27(34-28)19-6-9-25(31)26(32)16-19;3*1-2/h4-9,14-16,20-21,27-28,31-32H,2-3,10-13H2,1H3;3*1-2H3. The van der Waals surface area contributed by atoms with Crippen LogP contribution >= 0.6 is 0 Å². The van der Waals surface area contributed by atoms with Crippen LogP contribution in [0.15, 0.2) is 42.5 Å². The van der Waals surface area contributed by atoms with E-state index in [1.807, 2.05) is 41.5 Å². The first kappa shape index (κ1) is 31.4. The molecule has 1 saturated carbocycles. The lowest BCUT2D eigenvalue weighted by Gasteiger charge is -2.15. The second-order valence-corrected chi connectivity index (χ2v) is 9.68. The van der Waals surface area contributed by atoms with Gasteiger partial charge in [-0.05, 0) is 79.8 Å². The van der Waals surface area contributed by atoms with Crippen molar-refractivity contribution in [2.45, 2.75) is 93.0 Å². The van der Waals surface area contributed by atoms with Crippen LogP contribution < -0.4 is 10.7 Å². The number of aryl methyl sites for hydroxylation is 2. The summed E-state index contributed by atoms with van der Waals surface area (Å²) >= 11 is 0. The van der Waals surface area contributed by atoms with Gasteiger partial charge in [-0.1, -0.05) is 71.9 Å². The van der Waals surface area contributed by atoms with E-state index in [2.05, 4.69) is 47.9 Å². The number of ether oxygens (including phenoxy) is 2. The van der Waals surface area contributed by atoms with Crippen molar-refractivity contribution in [1.82, 2.24) is 9.55 Å². The van der Waals surface area contributed by atoms with E-state index in [-0.39, 0.29) is 23.9 Å². The molecule has 2 N–H and O–H groups in total. The first-order chi connectivity index (χ1) is 19.5. The number of benzene rings is 2. The summed E-state index contributed by atoms with van der Waals surface area (Å²) in [6.45, 7) is 14.7. The molecule has 2 fully saturated rings. The SMILES string of the molecule is CC.CC.CC.Cc1nc2c(n1-c1ccc(CCCOC3CCC(c4ccc(O)c(O)c4)O3)cc1)=CC1CC1C=2. The fourth-order valence-corrected chi connectivity index (χ4v) is 5.22. The van der Waals surface area contributed by atoms with Gasteiger partial charge in [0.1, 0.15) is 5.82 Å². The van der Waals surface area contributed by atoms with Gasteiger partial charge in [-0.3, -0.25) is 4.57 Å². The van der Waals surface area contributed by atoms with Gasteiger partial charge in [-0.25, -0.2) is 4.98 Å². The maximum Gasteiger partial charge on any atom is 0.158 e. The first-order valence-corrected chi connectivity index (χ1v) is 15.2. The maximum atomic E-state index is 9.71. The molecule has 3 aromatic rings. The van der Waals surface area contributed by atoms with E-state index in [1.165, 1.54) is 29.1 Å². The fourth-order valence-electron chi connectivity index (χ4n) is 5.22. The molecule has 0 spiro atoms. The van der Waals surface area contributed by atoms with Crippen LogP contribution in [0.3, 0.4) is 0 Å². The lowest BCUT2D eigenvalue weighted by molar-refractivity contribution is -0.135. The van der Waals surface area contributed by atoms with Crippen molar-refractivity contribution in [3.8, 4) is 17.2 Å². The number of imidazole rings is 1. The summed E-state index contributed by atoms with van der Waals surface area (Å²) in [5.74, 6) is 2.22. The van der Waals surface area contributed by atoms with Crippen molar-refractivity contribution in [2.24, 2.45) is 11.8 Å². The highest BCUT2D eigenvalue weighted by molar-refractivity contribution is 5.49. The number of rotatable bonds is 7. The monoisotopic (exact) mass is 548 g/mol. The highest BCUT2D eigenvalue weighted by Gasteiger charge is 2.35. The van der Waals surface area contributed by atoms with E-state index in [1.54, 1.807) is 12.1 Å². The predicted octanol–water partition coefficient (Wildman–Crippen LogP) is 6.71. The summed E-state index contributed by atoms with van der Waals surface area (Å²) in [6, 6.07) is 13.6. The van der Waals surface area contributed by atoms with Gasteiger partial charge in [-0.15, -0.1) is 0 Å². The molecule has 3 aliphatic rings. The fraction of sp³-hybridized carbons (Fsp3) is 0.500. The molecule has 1 saturated heterocycles. The molecule has 6 rings (SSSR count). The number of aromatic nitrogens is 2. The third-order valence-corrected chi connectivity index (χ3v) is 7.20. The van der Waals surface area contributed by atoms with E-state index < -0.39 is 0 Å². The van der Waals surface area contributed by atoms with Crippen LogP contribution in [0.25, 0.3) is 17.8 Å². The lowest BCUT2D eigenvalue weighted by Crippen LogP contribution is -2.31. The zero-order valence-electron chi connectivity index (χ0n) is 25.4. The largest absolute Gasteiger partial charge is 0.504 e. The minimum atomic E-state index is -0.224. The van der Waals surface area contributed by atoms with Crippen molar-refractivity contribution in [1.29, 1.82) is 0 Å². The van der Waals surface area contributed by atoms with Gasteiger partial charge < -0.3 is 19.7 Å². The van der Waals surface area contributed by atoms with E-state index in [0.717, 1.165) is 42.4 Å². The highest BCUT2D eigenvalue weighted by Crippen LogP contribution is 2.42. The maximum absolute atomic E-state index is 9.71. The van der Waals surface area contributed by atoms with Gasteiger partial charge in [0.15, 0.2) is 17.8 Å². The second-order valence-electron chi connectivity index (χ2n) is 9.68. The van der Waals surface area contributed by atoms with Crippen LogP contribution in [0.2, 0.25) is 0 Å². The van der Waals surface area contributed by atoms with E-state index in [0.29, 0.717) is 18.4 Å². The summed E-state index contributed by atoms with van der Waals surface area (Å²) in [5, 5.41) is 21.6. The molecule has 1 aromatic heterocycles. The second kappa shape index (κ2) is 15.1. The van der Waals surface area contributed by atoms with Gasteiger partial charge in [0.2, 0.25) is 0 Å². The minimum absolute atomic E-state index is 0.109. The lowest BCUT2D eigenvalue weighted by atomic mass is 10.1. The Morgan fingerprint density at radius 2 is 1.60 bits per heavy atom. The van der Waals surface area contributed by atoms with Crippen molar-refractivity contribution >= 4 is 12.2 Å². The van der Waals surface area contributed by atoms with E-state index >= 15 is 0 Å². The molecule has 6 heteroatoms. The number of hydrogen-bond acceptors (Lipinski definition) is 5. The molecular formula is C34H48N2O4. The van der Waals surface area contributed by atoms with Crippen LogP contribution in [0.5, 0.6) is 11.5 Å². The summed E-state index contributed by atoms with van der Waals surface area (Å²) < 4.78 is 14.2. The summed E-state index contributed by atoms with van der Waals surface area (Å²) in [4.78, 5) is 4.78. The zero-order valence-corrected chi connectivity index (χ0v) is 25.4. The number of aromatic hydroxyl groups is 2. The number of fused-ring (bicyclic) bond motifs is 2. The van der Waals surface area contributed by atoms with Crippen molar-refractivity contribution in [3.05, 3.63) is 70.1 Å². The molecule has 2 aromatic carbocycles. The topological polar surface area (TPSA) is 76.7 Å². The normalized spacial score (nSPS) is 21.5. The zero-order chi connectivity index (χ0) is 29.2. The van der Waals surface area contributed by atoms with Crippen LogP contribution in [0.1, 0.15) is 90.3 Å². The minimum Gasteiger partial charge on any atom is -0.504 e. The number of hydrogen-bond donors (Lipinski definition) is 2. The number of nitrogens with zero attached hydrogens (tertiary/aromatic N) is 2. The molecule has 40 heavy (non-hydrogen) atoms. The molecule has 4 atom stereocenters. The van der Waals surface area contributed by atoms with Crippen LogP contribution in [0.4, 0.5) is 0 Å². The Kier molecular flexibility index (Phi) is 11.8. The van der Waals surface area contributed by atoms with E-state index in [4.69, 9.17) is 14.5 Å². The Bertz CT molecular complexity index is 1330. The third-order valence-electron chi connectivity index (χ3n) is 7.20. The van der Waals surface area contributed by atoms with E-state index in [9.17, 15) is 10.2 Å². The van der Waals surface area contributed by atoms with Gasteiger partial charge >= 0.3 is 0 Å². The van der Waals surface area contributed by atoms with Crippen molar-refractivity contribution in [3.63, 3.8) is 0 Å². The van der Waals surface area contributed by atoms with Crippen LogP contribution in [-0.4, -0.2) is 32.7 Å². The molecule has 0 radical (unpaired) electrons. The Balaban J connectivity index is 0.000000691. The highest BCUT2D eigenvalue weighted by atomic mass is 16.7. The summed E-state index contributed by atoms with van der Waals surface area (Å²) in [7, 11) is 0. The van der Waals surface area contributed by atoms with Crippen molar-refractivity contribution < 1.29 is 19.7 Å². The Hall–Kier alpha value is -3.09. The summed E-state index contributed by atoms with van der Waals surface area (Å²) in [6.07, 6.45) is 9.20. The molecule has 0 amide bonds. The Morgan fingerprint density at radius 1 is 0.900 bits per heavy atom. The van der Waals surface area contributed by atoms with Crippen LogP contribution in [-0.2, 0) is 15.9 Å².